The number of aromatic nitrogens is 1. The predicted octanol–water partition coefficient (Wildman–Crippen LogP) is 2.85. The number of aryl methyl sites for hydroxylation is 1. The van der Waals surface area contributed by atoms with Crippen LogP contribution < -0.4 is 5.32 Å². The smallest absolute Gasteiger partial charge is 0.240 e. The van der Waals surface area contributed by atoms with E-state index in [1.54, 1.807) is 19.2 Å². The monoisotopic (exact) mass is 200 g/mol. The molecule has 1 aromatic heterocycles. The lowest BCUT2D eigenvalue weighted by Gasteiger charge is -2.13. The van der Waals surface area contributed by atoms with Crippen molar-refractivity contribution < 1.29 is 8.78 Å². The summed E-state index contributed by atoms with van der Waals surface area (Å²) < 4.78 is 24.0. The van der Waals surface area contributed by atoms with Gasteiger partial charge in [0, 0.05) is 18.7 Å². The van der Waals surface area contributed by atoms with E-state index in [1.165, 1.54) is 0 Å². The second kappa shape index (κ2) is 4.88. The molecule has 4 heteroatoms. The predicted molar refractivity (Wildman–Crippen MR) is 52.7 cm³/mol. The highest BCUT2D eigenvalue weighted by Gasteiger charge is 2.09. The van der Waals surface area contributed by atoms with Crippen molar-refractivity contribution in [3.05, 3.63) is 23.9 Å². The first kappa shape index (κ1) is 10.9. The van der Waals surface area contributed by atoms with E-state index in [-0.39, 0.29) is 12.5 Å². The number of pyridine rings is 1. The zero-order valence-electron chi connectivity index (χ0n) is 8.30. The Bertz CT molecular complexity index is 272. The summed E-state index contributed by atoms with van der Waals surface area (Å²) in [5.41, 5.74) is 1.05. The summed E-state index contributed by atoms with van der Waals surface area (Å²) in [4.78, 5) is 4.07. The Kier molecular flexibility index (Phi) is 3.80. The van der Waals surface area contributed by atoms with Crippen LogP contribution in [-0.4, -0.2) is 17.5 Å². The van der Waals surface area contributed by atoms with Gasteiger partial charge < -0.3 is 5.32 Å². The van der Waals surface area contributed by atoms with E-state index in [2.05, 4.69) is 10.3 Å². The van der Waals surface area contributed by atoms with Crippen LogP contribution in [0.15, 0.2) is 18.3 Å². The number of rotatable bonds is 4. The summed E-state index contributed by atoms with van der Waals surface area (Å²) in [6.07, 6.45) is -0.726. The molecule has 0 amide bonds. The van der Waals surface area contributed by atoms with Crippen LogP contribution in [-0.2, 0) is 0 Å². The van der Waals surface area contributed by atoms with Crippen molar-refractivity contribution in [2.45, 2.75) is 32.7 Å². The fraction of sp³-hybridized carbons (Fsp3) is 0.500. The van der Waals surface area contributed by atoms with Crippen LogP contribution in [0.4, 0.5) is 14.6 Å². The molecule has 1 atom stereocenters. The topological polar surface area (TPSA) is 24.9 Å². The Morgan fingerprint density at radius 3 is 2.64 bits per heavy atom. The van der Waals surface area contributed by atoms with E-state index in [9.17, 15) is 8.78 Å². The fourth-order valence-corrected chi connectivity index (χ4v) is 1.13. The molecule has 1 unspecified atom stereocenters. The largest absolute Gasteiger partial charge is 0.367 e. The Labute approximate surface area is 82.4 Å². The van der Waals surface area contributed by atoms with E-state index in [4.69, 9.17) is 0 Å². The lowest BCUT2D eigenvalue weighted by Crippen LogP contribution is -2.18. The van der Waals surface area contributed by atoms with Crippen LogP contribution in [0, 0.1) is 6.92 Å². The first-order valence-electron chi connectivity index (χ1n) is 4.55. The highest BCUT2D eigenvalue weighted by atomic mass is 19.3. The van der Waals surface area contributed by atoms with Gasteiger partial charge in [-0.2, -0.15) is 0 Å². The Morgan fingerprint density at radius 1 is 1.43 bits per heavy atom. The van der Waals surface area contributed by atoms with Gasteiger partial charge in [0.05, 0.1) is 0 Å². The third-order valence-electron chi connectivity index (χ3n) is 1.84. The molecule has 2 nitrogen and oxygen atoms in total. The quantitative estimate of drug-likeness (QED) is 0.808. The maximum Gasteiger partial charge on any atom is 0.240 e. The highest BCUT2D eigenvalue weighted by molar-refractivity contribution is 5.36. The minimum Gasteiger partial charge on any atom is -0.367 e. The van der Waals surface area contributed by atoms with Crippen molar-refractivity contribution in [3.8, 4) is 0 Å². The average Bonchev–Trinajstić information content (AvgIpc) is 2.07. The van der Waals surface area contributed by atoms with Crippen LogP contribution in [0.2, 0.25) is 0 Å². The minimum absolute atomic E-state index is 0.157. The molecule has 78 valence electrons. The van der Waals surface area contributed by atoms with E-state index >= 15 is 0 Å². The number of alkyl halides is 2. The van der Waals surface area contributed by atoms with E-state index in [0.717, 1.165) is 5.56 Å². The molecule has 0 saturated carbocycles. The zero-order chi connectivity index (χ0) is 10.6. The first-order valence-corrected chi connectivity index (χ1v) is 4.55. The summed E-state index contributed by atoms with van der Waals surface area (Å²) in [6, 6.07) is 3.42. The van der Waals surface area contributed by atoms with Gasteiger partial charge in [-0.25, -0.2) is 13.8 Å². The van der Waals surface area contributed by atoms with Gasteiger partial charge in [-0.15, -0.1) is 0 Å². The average molecular weight is 200 g/mol. The van der Waals surface area contributed by atoms with Gasteiger partial charge in [-0.1, -0.05) is 6.07 Å². The molecule has 0 bridgehead atoms. The SMILES string of the molecule is Cc1ccc(NC(C)CC(F)F)nc1. The van der Waals surface area contributed by atoms with Crippen molar-refractivity contribution in [1.82, 2.24) is 4.98 Å². The van der Waals surface area contributed by atoms with Crippen LogP contribution >= 0.6 is 0 Å². The number of hydrogen-bond donors (Lipinski definition) is 1. The number of hydrogen-bond acceptors (Lipinski definition) is 2. The molecule has 0 fully saturated rings. The second-order valence-electron chi connectivity index (χ2n) is 3.39. The number of anilines is 1. The third-order valence-corrected chi connectivity index (χ3v) is 1.84. The van der Waals surface area contributed by atoms with Gasteiger partial charge in [0.1, 0.15) is 5.82 Å². The van der Waals surface area contributed by atoms with Crippen LogP contribution in [0.25, 0.3) is 0 Å². The normalized spacial score (nSPS) is 12.9. The lowest BCUT2D eigenvalue weighted by atomic mass is 10.2. The molecule has 1 rings (SSSR count). The Morgan fingerprint density at radius 2 is 2.14 bits per heavy atom. The van der Waals surface area contributed by atoms with E-state index < -0.39 is 6.43 Å². The van der Waals surface area contributed by atoms with Crippen molar-refractivity contribution >= 4 is 5.82 Å². The molecule has 0 aliphatic heterocycles. The zero-order valence-corrected chi connectivity index (χ0v) is 8.30. The summed E-state index contributed by atoms with van der Waals surface area (Å²) in [6.45, 7) is 3.65. The summed E-state index contributed by atoms with van der Waals surface area (Å²) in [5.74, 6) is 0.642. The molecule has 0 aliphatic rings. The molecule has 0 spiro atoms. The summed E-state index contributed by atoms with van der Waals surface area (Å²) >= 11 is 0. The number of nitrogens with one attached hydrogen (secondary N) is 1. The van der Waals surface area contributed by atoms with Crippen LogP contribution in [0.1, 0.15) is 18.9 Å². The van der Waals surface area contributed by atoms with Crippen LogP contribution in [0.3, 0.4) is 0 Å². The van der Waals surface area contributed by atoms with Gasteiger partial charge in [0.2, 0.25) is 6.43 Å². The highest BCUT2D eigenvalue weighted by Crippen LogP contribution is 2.10. The van der Waals surface area contributed by atoms with Gasteiger partial charge in [-0.05, 0) is 25.5 Å². The molecule has 0 aromatic carbocycles. The van der Waals surface area contributed by atoms with Crippen molar-refractivity contribution in [2.24, 2.45) is 0 Å². The van der Waals surface area contributed by atoms with Gasteiger partial charge in [0.15, 0.2) is 0 Å². The first-order chi connectivity index (χ1) is 6.58. The third kappa shape index (κ3) is 3.68. The molecule has 0 saturated heterocycles. The number of halogens is 2. The molecule has 1 heterocycles. The van der Waals surface area contributed by atoms with Crippen molar-refractivity contribution in [3.63, 3.8) is 0 Å². The Balaban J connectivity index is 2.47. The van der Waals surface area contributed by atoms with Gasteiger partial charge in [0.25, 0.3) is 0 Å². The van der Waals surface area contributed by atoms with E-state index in [0.29, 0.717) is 5.82 Å². The van der Waals surface area contributed by atoms with Crippen molar-refractivity contribution in [1.29, 1.82) is 0 Å². The second-order valence-corrected chi connectivity index (χ2v) is 3.39. The molecular formula is C10H14F2N2. The van der Waals surface area contributed by atoms with Gasteiger partial charge in [-0.3, -0.25) is 0 Å². The van der Waals surface area contributed by atoms with Gasteiger partial charge >= 0.3 is 0 Å². The summed E-state index contributed by atoms with van der Waals surface area (Å²) in [7, 11) is 0. The Hall–Kier alpha value is -1.19. The van der Waals surface area contributed by atoms with E-state index in [1.807, 2.05) is 13.0 Å². The lowest BCUT2D eigenvalue weighted by molar-refractivity contribution is 0.133. The minimum atomic E-state index is -2.28. The molecule has 1 N–H and O–H groups in total. The maximum absolute atomic E-state index is 12.0. The molecular weight excluding hydrogens is 186 g/mol. The number of nitrogens with zero attached hydrogens (tertiary/aromatic N) is 1. The molecule has 0 aliphatic carbocycles. The molecule has 14 heavy (non-hydrogen) atoms. The summed E-state index contributed by atoms with van der Waals surface area (Å²) in [5, 5.41) is 2.91. The molecule has 1 aromatic rings. The fourth-order valence-electron chi connectivity index (χ4n) is 1.13. The molecule has 0 radical (unpaired) electrons. The maximum atomic E-state index is 12.0. The standard InChI is InChI=1S/C10H14F2N2/c1-7-3-4-10(13-6-7)14-8(2)5-9(11)12/h3-4,6,8-9H,5H2,1-2H3,(H,13,14). The van der Waals surface area contributed by atoms with Crippen molar-refractivity contribution in [2.75, 3.05) is 5.32 Å². The van der Waals surface area contributed by atoms with Crippen LogP contribution in [0.5, 0.6) is 0 Å².